The molecule has 0 unspecified atom stereocenters. The van der Waals surface area contributed by atoms with E-state index in [1.165, 1.54) is 23.8 Å². The standard InChI is InChI=1S/C24H18F3N5O2.C24H21N5O/c25-24(26,27)34-21-7-2-1-4-19(21)31-23(33)30-18-5-3-6-20-17(18)10-13-32(20)14-15-8-11-28-22-16(15)9-12-29-22;1-16-5-2-3-6-20(16)27-24(30)28-21-7-4-8-22-19(21)11-14-29(22)15-17-9-12-25-23-18(17)10-13-26-23/h1-13H,14H2,(H,28,29)(H2,30,31,33);2-14H,15H2,1H3,(H,25,26)(H2,27,28,30). The van der Waals surface area contributed by atoms with Crippen LogP contribution in [-0.4, -0.2) is 47.5 Å². The number of ether oxygens (including phenoxy) is 1. The second-order valence-corrected chi connectivity index (χ2v) is 14.8. The van der Waals surface area contributed by atoms with Crippen molar-refractivity contribution in [3.05, 3.63) is 175 Å². The first-order chi connectivity index (χ1) is 31.1. The first kappa shape index (κ1) is 40.9. The minimum Gasteiger partial charge on any atom is -0.404 e. The molecule has 0 fully saturated rings. The van der Waals surface area contributed by atoms with Crippen LogP contribution in [0.25, 0.3) is 43.9 Å². The minimum atomic E-state index is -4.87. The van der Waals surface area contributed by atoms with Gasteiger partial charge in [0.25, 0.3) is 0 Å². The number of aromatic amines is 2. The Morgan fingerprint density at radius 1 is 0.562 bits per heavy atom. The molecule has 4 aromatic carbocycles. The Kier molecular flexibility index (Phi) is 11.1. The minimum absolute atomic E-state index is 0.102. The number of nitrogens with zero attached hydrogens (tertiary/aromatic N) is 4. The number of carbonyl (C=O) groups is 2. The average Bonchev–Trinajstić information content (AvgIpc) is 4.11. The molecular weight excluding hydrogens is 822 g/mol. The van der Waals surface area contributed by atoms with E-state index in [9.17, 15) is 22.8 Å². The van der Waals surface area contributed by atoms with Crippen LogP contribution < -0.4 is 26.0 Å². The highest BCUT2D eigenvalue weighted by molar-refractivity contribution is 6.07. The maximum Gasteiger partial charge on any atom is 0.573 e. The number of hydrogen-bond donors (Lipinski definition) is 6. The number of halogens is 3. The second-order valence-electron chi connectivity index (χ2n) is 14.8. The highest BCUT2D eigenvalue weighted by Crippen LogP contribution is 2.32. The molecule has 0 saturated carbocycles. The van der Waals surface area contributed by atoms with Crippen LogP contribution in [0.3, 0.4) is 0 Å². The number of nitrogens with one attached hydrogen (secondary N) is 6. The first-order valence-corrected chi connectivity index (χ1v) is 20.1. The van der Waals surface area contributed by atoms with Crippen molar-refractivity contribution in [3.8, 4) is 5.75 Å². The van der Waals surface area contributed by atoms with E-state index in [-0.39, 0.29) is 11.7 Å². The number of hydrogen-bond acceptors (Lipinski definition) is 5. The van der Waals surface area contributed by atoms with Gasteiger partial charge in [-0.05, 0) is 102 Å². The number of urea groups is 2. The molecule has 0 aliphatic heterocycles. The molecule has 0 aliphatic rings. The Labute approximate surface area is 362 Å². The van der Waals surface area contributed by atoms with Crippen LogP contribution in [0.4, 0.5) is 45.5 Å². The molecule has 10 rings (SSSR count). The normalized spacial score (nSPS) is 11.4. The van der Waals surface area contributed by atoms with Gasteiger partial charge in [0.05, 0.1) is 28.1 Å². The molecule has 10 aromatic rings. The number of aromatic nitrogens is 6. The summed E-state index contributed by atoms with van der Waals surface area (Å²) in [5, 5.41) is 15.0. The van der Waals surface area contributed by atoms with E-state index in [4.69, 9.17) is 0 Å². The maximum atomic E-state index is 12.6. The summed E-state index contributed by atoms with van der Waals surface area (Å²) < 4.78 is 46.2. The number of para-hydroxylation sites is 3. The topological polar surface area (TPSA) is 159 Å². The molecule has 6 N–H and O–H groups in total. The van der Waals surface area contributed by atoms with Crippen LogP contribution in [-0.2, 0) is 13.1 Å². The molecule has 6 aromatic heterocycles. The monoisotopic (exact) mass is 860 g/mol. The van der Waals surface area contributed by atoms with E-state index in [2.05, 4.69) is 56.6 Å². The van der Waals surface area contributed by atoms with E-state index < -0.39 is 18.1 Å². The van der Waals surface area contributed by atoms with Crippen molar-refractivity contribution >= 4 is 78.7 Å². The third kappa shape index (κ3) is 8.92. The largest absolute Gasteiger partial charge is 0.573 e. The molecular formula is C48H39F3N10O3. The maximum absolute atomic E-state index is 12.6. The van der Waals surface area contributed by atoms with Gasteiger partial charge in [0.15, 0.2) is 5.75 Å². The highest BCUT2D eigenvalue weighted by Gasteiger charge is 2.32. The molecule has 0 bridgehead atoms. The van der Waals surface area contributed by atoms with Crippen LogP contribution in [0.15, 0.2) is 159 Å². The summed E-state index contributed by atoms with van der Waals surface area (Å²) in [4.78, 5) is 40.1. The fourth-order valence-electron chi connectivity index (χ4n) is 7.67. The number of aryl methyl sites for hydroxylation is 1. The zero-order valence-corrected chi connectivity index (χ0v) is 34.1. The van der Waals surface area contributed by atoms with Crippen LogP contribution in [0.2, 0.25) is 0 Å². The predicted molar refractivity (Wildman–Crippen MR) is 244 cm³/mol. The van der Waals surface area contributed by atoms with Crippen molar-refractivity contribution in [1.29, 1.82) is 0 Å². The van der Waals surface area contributed by atoms with Gasteiger partial charge in [-0.1, -0.05) is 42.5 Å². The van der Waals surface area contributed by atoms with Crippen molar-refractivity contribution in [1.82, 2.24) is 29.1 Å². The zero-order chi connectivity index (χ0) is 44.2. The number of pyridine rings is 2. The number of alkyl halides is 3. The Morgan fingerprint density at radius 2 is 1.03 bits per heavy atom. The molecule has 0 spiro atoms. The summed E-state index contributed by atoms with van der Waals surface area (Å²) in [5.41, 5.74) is 8.93. The quantitative estimate of drug-likeness (QED) is 0.0851. The number of amides is 4. The van der Waals surface area contributed by atoms with E-state index >= 15 is 0 Å². The Balaban J connectivity index is 0.000000163. The third-order valence-corrected chi connectivity index (χ3v) is 10.7. The van der Waals surface area contributed by atoms with E-state index in [0.29, 0.717) is 12.2 Å². The molecule has 0 aliphatic carbocycles. The van der Waals surface area contributed by atoms with Crippen molar-refractivity contribution < 1.29 is 27.5 Å². The Hall–Kier alpha value is -8.53. The van der Waals surface area contributed by atoms with Gasteiger partial charge in [0, 0.05) is 77.5 Å². The van der Waals surface area contributed by atoms with Gasteiger partial charge in [-0.15, -0.1) is 13.2 Å². The molecule has 0 saturated heterocycles. The lowest BCUT2D eigenvalue weighted by Gasteiger charge is -2.14. The van der Waals surface area contributed by atoms with Crippen molar-refractivity contribution in [2.75, 3.05) is 21.3 Å². The van der Waals surface area contributed by atoms with Crippen LogP contribution >= 0.6 is 0 Å². The number of anilines is 4. The number of carbonyl (C=O) groups excluding carboxylic acids is 2. The summed E-state index contributed by atoms with van der Waals surface area (Å²) in [6, 6.07) is 35.4. The Bertz CT molecular complexity index is 3290. The summed E-state index contributed by atoms with van der Waals surface area (Å²) in [6.45, 7) is 3.29. The number of fused-ring (bicyclic) bond motifs is 4. The number of benzene rings is 4. The molecule has 4 amide bonds. The number of H-pyrrole nitrogens is 2. The SMILES string of the molecule is Cc1ccccc1NC(=O)Nc1cccc2c1ccn2Cc1ccnc2[nH]ccc12.O=C(Nc1ccccc1OC(F)(F)F)Nc1cccc2c1ccn2Cc1ccnc2[nH]ccc12. The second kappa shape index (κ2) is 17.4. The molecule has 13 nitrogen and oxygen atoms in total. The lowest BCUT2D eigenvalue weighted by Crippen LogP contribution is -2.22. The highest BCUT2D eigenvalue weighted by atomic mass is 19.4. The average molecular weight is 861 g/mol. The van der Waals surface area contributed by atoms with Crippen LogP contribution in [0.1, 0.15) is 16.7 Å². The van der Waals surface area contributed by atoms with E-state index in [0.717, 1.165) is 79.0 Å². The molecule has 16 heteroatoms. The summed E-state index contributed by atoms with van der Waals surface area (Å²) in [7, 11) is 0. The smallest absolute Gasteiger partial charge is 0.404 e. The van der Waals surface area contributed by atoms with Gasteiger partial charge in [-0.25, -0.2) is 19.6 Å². The zero-order valence-electron chi connectivity index (χ0n) is 34.1. The van der Waals surface area contributed by atoms with Crippen molar-refractivity contribution in [3.63, 3.8) is 0 Å². The van der Waals surface area contributed by atoms with Gasteiger partial charge in [0.2, 0.25) is 0 Å². The lowest BCUT2D eigenvalue weighted by atomic mass is 10.2. The van der Waals surface area contributed by atoms with Gasteiger partial charge in [-0.3, -0.25) is 0 Å². The van der Waals surface area contributed by atoms with E-state index in [1.807, 2.05) is 121 Å². The molecule has 6 heterocycles. The van der Waals surface area contributed by atoms with Crippen LogP contribution in [0.5, 0.6) is 5.75 Å². The molecule has 64 heavy (non-hydrogen) atoms. The van der Waals surface area contributed by atoms with Crippen molar-refractivity contribution in [2.24, 2.45) is 0 Å². The molecule has 320 valence electrons. The molecule has 0 atom stereocenters. The predicted octanol–water partition coefficient (Wildman–Crippen LogP) is 11.6. The van der Waals surface area contributed by atoms with E-state index in [1.54, 1.807) is 18.3 Å². The van der Waals surface area contributed by atoms with Gasteiger partial charge < -0.3 is 45.1 Å². The summed E-state index contributed by atoms with van der Waals surface area (Å²) in [5.74, 6) is -0.497. The van der Waals surface area contributed by atoms with Gasteiger partial charge in [-0.2, -0.15) is 0 Å². The summed E-state index contributed by atoms with van der Waals surface area (Å²) >= 11 is 0. The van der Waals surface area contributed by atoms with Gasteiger partial charge in [0.1, 0.15) is 11.3 Å². The first-order valence-electron chi connectivity index (χ1n) is 20.1. The van der Waals surface area contributed by atoms with Crippen LogP contribution in [0, 0.1) is 6.92 Å². The van der Waals surface area contributed by atoms with Crippen molar-refractivity contribution in [2.45, 2.75) is 26.4 Å². The lowest BCUT2D eigenvalue weighted by molar-refractivity contribution is -0.274. The Morgan fingerprint density at radius 3 is 1.56 bits per heavy atom. The number of rotatable bonds is 9. The third-order valence-electron chi connectivity index (χ3n) is 10.7. The fourth-order valence-corrected chi connectivity index (χ4v) is 7.67. The molecule has 0 radical (unpaired) electrons. The van der Waals surface area contributed by atoms with Gasteiger partial charge >= 0.3 is 18.4 Å². The summed E-state index contributed by atoms with van der Waals surface area (Å²) in [6.07, 6.45) is 6.41. The fraction of sp³-hybridized carbons (Fsp3) is 0.0833.